The largest absolute Gasteiger partial charge is 0.490 e. The van der Waals surface area contributed by atoms with Crippen LogP contribution in [0.1, 0.15) is 29.6 Å². The van der Waals surface area contributed by atoms with E-state index in [1.54, 1.807) is 4.90 Å². The number of nitrogens with zero attached hydrogens (tertiary/aromatic N) is 2. The summed E-state index contributed by atoms with van der Waals surface area (Å²) < 4.78 is 38.3. The first kappa shape index (κ1) is 27.1. The summed E-state index contributed by atoms with van der Waals surface area (Å²) >= 11 is 3.42. The number of carbonyl (C=O) groups excluding carboxylic acids is 2. The first-order chi connectivity index (χ1) is 15.6. The van der Waals surface area contributed by atoms with Crippen molar-refractivity contribution >= 4 is 33.7 Å². The lowest BCUT2D eigenvalue weighted by Gasteiger charge is -2.30. The minimum Gasteiger partial charge on any atom is -0.475 e. The van der Waals surface area contributed by atoms with E-state index in [0.29, 0.717) is 25.1 Å². The number of carboxylic acids is 1. The second-order valence-electron chi connectivity index (χ2n) is 7.58. The minimum absolute atomic E-state index is 0.0464. The lowest BCUT2D eigenvalue weighted by Crippen LogP contribution is -2.47. The summed E-state index contributed by atoms with van der Waals surface area (Å²) in [6, 6.07) is 7.39. The molecule has 2 amide bonds. The molecule has 1 atom stereocenters. The highest BCUT2D eigenvalue weighted by molar-refractivity contribution is 9.10. The van der Waals surface area contributed by atoms with E-state index in [1.165, 1.54) is 0 Å². The van der Waals surface area contributed by atoms with Gasteiger partial charge in [0.2, 0.25) is 5.91 Å². The van der Waals surface area contributed by atoms with Gasteiger partial charge >= 0.3 is 12.1 Å². The van der Waals surface area contributed by atoms with Crippen LogP contribution in [-0.2, 0) is 14.3 Å². The zero-order valence-corrected chi connectivity index (χ0v) is 19.5. The molecule has 0 aliphatic carbocycles. The highest BCUT2D eigenvalue weighted by Gasteiger charge is 2.38. The molecular formula is C21H27BrF3N3O5. The van der Waals surface area contributed by atoms with E-state index in [9.17, 15) is 22.8 Å². The molecule has 0 spiro atoms. The smallest absolute Gasteiger partial charge is 0.475 e. The average Bonchev–Trinajstić information content (AvgIpc) is 3.29. The third kappa shape index (κ3) is 9.30. The Balaban J connectivity index is 0.000000479. The second kappa shape index (κ2) is 12.9. The van der Waals surface area contributed by atoms with Crippen molar-refractivity contribution in [3.05, 3.63) is 34.3 Å². The van der Waals surface area contributed by atoms with Crippen LogP contribution in [0, 0.1) is 0 Å². The van der Waals surface area contributed by atoms with E-state index < -0.39 is 12.1 Å². The van der Waals surface area contributed by atoms with E-state index in [2.05, 4.69) is 21.2 Å². The lowest BCUT2D eigenvalue weighted by atomic mass is 10.1. The maximum Gasteiger partial charge on any atom is 0.490 e. The van der Waals surface area contributed by atoms with E-state index in [1.807, 2.05) is 29.2 Å². The molecule has 1 aromatic carbocycles. The minimum atomic E-state index is -5.08. The van der Waals surface area contributed by atoms with Crippen molar-refractivity contribution < 1.29 is 37.4 Å². The molecule has 1 unspecified atom stereocenters. The number of amides is 2. The normalized spacial score (nSPS) is 18.3. The SMILES string of the molecule is O=C(CCN(CC1CCCO1)C(=O)c1cccc(Br)c1)N1CCNCC1.O=C(O)C(F)(F)F. The fraction of sp³-hybridized carbons (Fsp3) is 0.571. The van der Waals surface area contributed by atoms with Crippen molar-refractivity contribution in [2.24, 2.45) is 0 Å². The molecule has 2 saturated heterocycles. The Kier molecular flexibility index (Phi) is 10.6. The Labute approximate surface area is 198 Å². The van der Waals surface area contributed by atoms with Crippen LogP contribution in [0.4, 0.5) is 13.2 Å². The van der Waals surface area contributed by atoms with E-state index in [0.717, 1.165) is 50.1 Å². The first-order valence-corrected chi connectivity index (χ1v) is 11.3. The first-order valence-electron chi connectivity index (χ1n) is 10.5. The Morgan fingerprint density at radius 1 is 1.24 bits per heavy atom. The Bertz CT molecular complexity index is 813. The van der Waals surface area contributed by atoms with Gasteiger partial charge in [0.1, 0.15) is 0 Å². The monoisotopic (exact) mass is 537 g/mol. The number of ether oxygens (including phenoxy) is 1. The fourth-order valence-corrected chi connectivity index (χ4v) is 3.82. The quantitative estimate of drug-likeness (QED) is 0.578. The zero-order chi connectivity index (χ0) is 24.4. The number of hydrogen-bond acceptors (Lipinski definition) is 5. The number of carbonyl (C=O) groups is 3. The second-order valence-corrected chi connectivity index (χ2v) is 8.50. The molecular weight excluding hydrogens is 511 g/mol. The van der Waals surface area contributed by atoms with Gasteiger partial charge in [-0.2, -0.15) is 13.2 Å². The van der Waals surface area contributed by atoms with Crippen molar-refractivity contribution in [3.8, 4) is 0 Å². The molecule has 2 fully saturated rings. The summed E-state index contributed by atoms with van der Waals surface area (Å²) in [5.74, 6) is -2.69. The van der Waals surface area contributed by atoms with Crippen molar-refractivity contribution in [2.45, 2.75) is 31.5 Å². The predicted molar refractivity (Wildman–Crippen MR) is 117 cm³/mol. The molecule has 3 rings (SSSR count). The third-order valence-corrected chi connectivity index (χ3v) is 5.61. The predicted octanol–water partition coefficient (Wildman–Crippen LogP) is 2.53. The number of rotatable bonds is 6. The van der Waals surface area contributed by atoms with Crippen LogP contribution in [0.15, 0.2) is 28.7 Å². The van der Waals surface area contributed by atoms with Gasteiger partial charge in [-0.1, -0.05) is 22.0 Å². The average molecular weight is 538 g/mol. The molecule has 0 aromatic heterocycles. The number of nitrogens with one attached hydrogen (secondary N) is 1. The summed E-state index contributed by atoms with van der Waals surface area (Å²) in [6.45, 7) is 4.87. The van der Waals surface area contributed by atoms with Crippen LogP contribution in [-0.4, -0.2) is 90.8 Å². The molecule has 8 nitrogen and oxygen atoms in total. The van der Waals surface area contributed by atoms with Crippen LogP contribution in [0.2, 0.25) is 0 Å². The van der Waals surface area contributed by atoms with Gasteiger partial charge in [0.05, 0.1) is 6.10 Å². The molecule has 0 bridgehead atoms. The molecule has 2 aliphatic heterocycles. The van der Waals surface area contributed by atoms with Crippen LogP contribution in [0.3, 0.4) is 0 Å². The summed E-state index contributed by atoms with van der Waals surface area (Å²) in [4.78, 5) is 38.0. The van der Waals surface area contributed by atoms with Crippen LogP contribution >= 0.6 is 15.9 Å². The van der Waals surface area contributed by atoms with Gasteiger partial charge < -0.3 is 25.0 Å². The van der Waals surface area contributed by atoms with E-state index in [-0.39, 0.29) is 17.9 Å². The van der Waals surface area contributed by atoms with Crippen molar-refractivity contribution in [1.82, 2.24) is 15.1 Å². The van der Waals surface area contributed by atoms with Gasteiger partial charge in [-0.25, -0.2) is 4.79 Å². The van der Waals surface area contributed by atoms with Crippen LogP contribution in [0.25, 0.3) is 0 Å². The maximum absolute atomic E-state index is 13.0. The van der Waals surface area contributed by atoms with E-state index in [4.69, 9.17) is 14.6 Å². The molecule has 2 aliphatic rings. The zero-order valence-electron chi connectivity index (χ0n) is 17.9. The lowest BCUT2D eigenvalue weighted by molar-refractivity contribution is -0.192. The van der Waals surface area contributed by atoms with Crippen molar-refractivity contribution in [3.63, 3.8) is 0 Å². The standard InChI is InChI=1S/C19H26BrN3O3.C2HF3O2/c20-16-4-1-3-15(13-16)19(25)23(14-17-5-2-12-26-17)9-6-18(24)22-10-7-21-8-11-22;3-2(4,5)1(6)7/h1,3-4,13,17,21H,2,5-12,14H2;(H,6,7). The Hall–Kier alpha value is -2.18. The summed E-state index contributed by atoms with van der Waals surface area (Å²) in [7, 11) is 0. The number of halogens is 4. The number of alkyl halides is 3. The summed E-state index contributed by atoms with van der Waals surface area (Å²) in [5, 5.41) is 10.4. The number of benzene rings is 1. The number of hydrogen-bond donors (Lipinski definition) is 2. The number of aliphatic carboxylic acids is 1. The third-order valence-electron chi connectivity index (χ3n) is 5.11. The van der Waals surface area contributed by atoms with Crippen molar-refractivity contribution in [2.75, 3.05) is 45.9 Å². The number of carboxylic acid groups (broad SMARTS) is 1. The summed E-state index contributed by atoms with van der Waals surface area (Å²) in [6.07, 6.45) is -2.66. The van der Waals surface area contributed by atoms with Crippen LogP contribution < -0.4 is 5.32 Å². The van der Waals surface area contributed by atoms with Crippen LogP contribution in [0.5, 0.6) is 0 Å². The van der Waals surface area contributed by atoms with Gasteiger partial charge in [-0.3, -0.25) is 9.59 Å². The number of piperazine rings is 1. The molecule has 184 valence electrons. The highest BCUT2D eigenvalue weighted by atomic mass is 79.9. The van der Waals surface area contributed by atoms with Gasteiger partial charge in [0.15, 0.2) is 0 Å². The fourth-order valence-electron chi connectivity index (χ4n) is 3.42. The molecule has 0 saturated carbocycles. The maximum atomic E-state index is 13.0. The highest BCUT2D eigenvalue weighted by Crippen LogP contribution is 2.18. The Morgan fingerprint density at radius 3 is 2.45 bits per heavy atom. The Morgan fingerprint density at radius 2 is 1.91 bits per heavy atom. The molecule has 1 aromatic rings. The topological polar surface area (TPSA) is 99.2 Å². The molecule has 0 radical (unpaired) electrons. The van der Waals surface area contributed by atoms with Gasteiger partial charge in [0.25, 0.3) is 5.91 Å². The van der Waals surface area contributed by atoms with Gasteiger partial charge in [-0.15, -0.1) is 0 Å². The van der Waals surface area contributed by atoms with Crippen molar-refractivity contribution in [1.29, 1.82) is 0 Å². The molecule has 2 N–H and O–H groups in total. The van der Waals surface area contributed by atoms with E-state index >= 15 is 0 Å². The molecule has 2 heterocycles. The van der Waals surface area contributed by atoms with Gasteiger partial charge in [0, 0.05) is 62.3 Å². The van der Waals surface area contributed by atoms with Gasteiger partial charge in [-0.05, 0) is 31.0 Å². The molecule has 33 heavy (non-hydrogen) atoms. The summed E-state index contributed by atoms with van der Waals surface area (Å²) in [5.41, 5.74) is 0.631. The molecule has 12 heteroatoms.